The zero-order chi connectivity index (χ0) is 10.6. The quantitative estimate of drug-likeness (QED) is 0.499. The highest BCUT2D eigenvalue weighted by atomic mass is 16.5. The van der Waals surface area contributed by atoms with Crippen LogP contribution in [0, 0.1) is 5.92 Å². The molecule has 0 aromatic rings. The summed E-state index contributed by atoms with van der Waals surface area (Å²) in [6.45, 7) is 1.98. The third-order valence-corrected chi connectivity index (χ3v) is 2.30. The van der Waals surface area contributed by atoms with Gasteiger partial charge in [-0.05, 0) is 13.3 Å². The number of hydrogen-bond acceptors (Lipinski definition) is 4. The summed E-state index contributed by atoms with van der Waals surface area (Å²) in [5, 5.41) is 0. The Labute approximate surface area is 82.6 Å². The minimum Gasteiger partial charge on any atom is -0.466 e. The van der Waals surface area contributed by atoms with E-state index in [9.17, 15) is 14.4 Å². The Kier molecular flexibility index (Phi) is 3.80. The third kappa shape index (κ3) is 2.65. The van der Waals surface area contributed by atoms with Gasteiger partial charge >= 0.3 is 5.97 Å². The molecule has 0 amide bonds. The average Bonchev–Trinajstić information content (AvgIpc) is 2.12. The average molecular weight is 198 g/mol. The van der Waals surface area contributed by atoms with Gasteiger partial charge in [0.25, 0.3) is 0 Å². The number of ether oxygens (including phenoxy) is 1. The van der Waals surface area contributed by atoms with E-state index >= 15 is 0 Å². The number of esters is 1. The molecule has 1 aliphatic rings. The molecule has 1 rings (SSSR count). The van der Waals surface area contributed by atoms with Crippen LogP contribution in [-0.2, 0) is 19.1 Å². The lowest BCUT2D eigenvalue weighted by Crippen LogP contribution is -2.31. The Hall–Kier alpha value is -1.19. The summed E-state index contributed by atoms with van der Waals surface area (Å²) < 4.78 is 4.70. The molecule has 1 fully saturated rings. The first kappa shape index (κ1) is 10.9. The Balaban J connectivity index is 2.52. The summed E-state index contributed by atoms with van der Waals surface area (Å²) in [6.07, 6.45) is 1.37. The standard InChI is InChI=1S/C10H14O4/c1-2-14-10(13)6-7-8(11)4-3-5-9(7)12/h7H,2-6H2,1H3. The second-order valence-corrected chi connectivity index (χ2v) is 3.35. The number of rotatable bonds is 3. The molecule has 1 aliphatic carbocycles. The van der Waals surface area contributed by atoms with Crippen LogP contribution in [0.15, 0.2) is 0 Å². The molecule has 0 atom stereocenters. The largest absolute Gasteiger partial charge is 0.466 e. The third-order valence-electron chi connectivity index (χ3n) is 2.30. The van der Waals surface area contributed by atoms with Gasteiger partial charge in [-0.1, -0.05) is 0 Å². The predicted octanol–water partition coefficient (Wildman–Crippen LogP) is 0.878. The van der Waals surface area contributed by atoms with Gasteiger partial charge in [-0.3, -0.25) is 14.4 Å². The molecule has 0 saturated heterocycles. The molecule has 0 aromatic carbocycles. The number of ketones is 2. The van der Waals surface area contributed by atoms with Gasteiger partial charge in [-0.2, -0.15) is 0 Å². The molecule has 0 aromatic heterocycles. The Morgan fingerprint density at radius 3 is 2.43 bits per heavy atom. The van der Waals surface area contributed by atoms with E-state index in [0.29, 0.717) is 19.3 Å². The first-order valence-electron chi connectivity index (χ1n) is 4.86. The van der Waals surface area contributed by atoms with Crippen molar-refractivity contribution in [3.05, 3.63) is 0 Å². The molecule has 78 valence electrons. The van der Waals surface area contributed by atoms with Gasteiger partial charge in [0.2, 0.25) is 0 Å². The fraction of sp³-hybridized carbons (Fsp3) is 0.700. The Morgan fingerprint density at radius 1 is 1.36 bits per heavy atom. The fourth-order valence-electron chi connectivity index (χ4n) is 1.58. The van der Waals surface area contributed by atoms with Gasteiger partial charge < -0.3 is 4.74 Å². The van der Waals surface area contributed by atoms with Crippen molar-refractivity contribution in [1.82, 2.24) is 0 Å². The molecule has 4 heteroatoms. The highest BCUT2D eigenvalue weighted by Crippen LogP contribution is 2.20. The normalized spacial score (nSPS) is 18.4. The van der Waals surface area contributed by atoms with Gasteiger partial charge in [-0.15, -0.1) is 0 Å². The topological polar surface area (TPSA) is 60.4 Å². The molecule has 0 heterocycles. The summed E-state index contributed by atoms with van der Waals surface area (Å²) >= 11 is 0. The van der Waals surface area contributed by atoms with Crippen LogP contribution in [0.1, 0.15) is 32.6 Å². The molecule has 0 unspecified atom stereocenters. The molecular weight excluding hydrogens is 184 g/mol. The number of Topliss-reactive ketones (excluding diaryl/α,β-unsaturated/α-hetero) is 2. The van der Waals surface area contributed by atoms with E-state index < -0.39 is 11.9 Å². The van der Waals surface area contributed by atoms with Crippen molar-refractivity contribution >= 4 is 17.5 Å². The van der Waals surface area contributed by atoms with Crippen molar-refractivity contribution in [3.63, 3.8) is 0 Å². The highest BCUT2D eigenvalue weighted by molar-refractivity contribution is 6.06. The lowest BCUT2D eigenvalue weighted by Gasteiger charge is -2.18. The monoisotopic (exact) mass is 198 g/mol. The molecule has 0 bridgehead atoms. The zero-order valence-corrected chi connectivity index (χ0v) is 8.25. The van der Waals surface area contributed by atoms with E-state index in [0.717, 1.165) is 0 Å². The summed E-state index contributed by atoms with van der Waals surface area (Å²) in [6, 6.07) is 0. The van der Waals surface area contributed by atoms with Crippen LogP contribution >= 0.6 is 0 Å². The smallest absolute Gasteiger partial charge is 0.306 e. The van der Waals surface area contributed by atoms with Crippen LogP contribution in [0.2, 0.25) is 0 Å². The van der Waals surface area contributed by atoms with Crippen molar-refractivity contribution in [1.29, 1.82) is 0 Å². The molecule has 0 spiro atoms. The molecule has 0 aliphatic heterocycles. The maximum absolute atomic E-state index is 11.3. The fourth-order valence-corrected chi connectivity index (χ4v) is 1.58. The van der Waals surface area contributed by atoms with Crippen LogP contribution in [0.4, 0.5) is 0 Å². The zero-order valence-electron chi connectivity index (χ0n) is 8.25. The van der Waals surface area contributed by atoms with Gasteiger partial charge in [-0.25, -0.2) is 0 Å². The molecule has 4 nitrogen and oxygen atoms in total. The van der Waals surface area contributed by atoms with E-state index in [1.54, 1.807) is 6.92 Å². The number of carbonyl (C=O) groups excluding carboxylic acids is 3. The van der Waals surface area contributed by atoms with Crippen molar-refractivity contribution in [3.8, 4) is 0 Å². The Morgan fingerprint density at radius 2 is 1.93 bits per heavy atom. The SMILES string of the molecule is CCOC(=O)CC1C(=O)CCCC1=O. The second kappa shape index (κ2) is 4.88. The van der Waals surface area contributed by atoms with Gasteiger partial charge in [0.1, 0.15) is 11.6 Å². The summed E-state index contributed by atoms with van der Waals surface area (Å²) in [4.78, 5) is 33.7. The summed E-state index contributed by atoms with van der Waals surface area (Å²) in [7, 11) is 0. The van der Waals surface area contributed by atoms with Gasteiger partial charge in [0.05, 0.1) is 18.9 Å². The van der Waals surface area contributed by atoms with E-state index in [4.69, 9.17) is 4.74 Å². The Bertz CT molecular complexity index is 241. The number of carbonyl (C=O) groups is 3. The predicted molar refractivity (Wildman–Crippen MR) is 48.6 cm³/mol. The van der Waals surface area contributed by atoms with Crippen LogP contribution in [-0.4, -0.2) is 24.1 Å². The van der Waals surface area contributed by atoms with E-state index in [1.165, 1.54) is 0 Å². The van der Waals surface area contributed by atoms with Crippen LogP contribution < -0.4 is 0 Å². The minimum atomic E-state index is -0.734. The second-order valence-electron chi connectivity index (χ2n) is 3.35. The van der Waals surface area contributed by atoms with Crippen molar-refractivity contribution < 1.29 is 19.1 Å². The van der Waals surface area contributed by atoms with Crippen LogP contribution in [0.3, 0.4) is 0 Å². The van der Waals surface area contributed by atoms with Gasteiger partial charge in [0.15, 0.2) is 0 Å². The molecule has 1 saturated carbocycles. The lowest BCUT2D eigenvalue weighted by atomic mass is 9.84. The van der Waals surface area contributed by atoms with Crippen LogP contribution in [0.5, 0.6) is 0 Å². The molecule has 0 N–H and O–H groups in total. The highest BCUT2D eigenvalue weighted by Gasteiger charge is 2.32. The van der Waals surface area contributed by atoms with Crippen molar-refractivity contribution in [2.75, 3.05) is 6.61 Å². The number of hydrogen-bond donors (Lipinski definition) is 0. The van der Waals surface area contributed by atoms with Gasteiger partial charge in [0, 0.05) is 12.8 Å². The first-order valence-corrected chi connectivity index (χ1v) is 4.86. The summed E-state index contributed by atoms with van der Waals surface area (Å²) in [5.41, 5.74) is 0. The van der Waals surface area contributed by atoms with E-state index in [1.807, 2.05) is 0 Å². The van der Waals surface area contributed by atoms with E-state index in [2.05, 4.69) is 0 Å². The lowest BCUT2D eigenvalue weighted by molar-refractivity contribution is -0.149. The maximum Gasteiger partial charge on any atom is 0.306 e. The molecule has 14 heavy (non-hydrogen) atoms. The molecular formula is C10H14O4. The minimum absolute atomic E-state index is 0.0779. The maximum atomic E-state index is 11.3. The van der Waals surface area contributed by atoms with E-state index in [-0.39, 0.29) is 24.6 Å². The first-order chi connectivity index (χ1) is 6.65. The van der Waals surface area contributed by atoms with Crippen molar-refractivity contribution in [2.45, 2.75) is 32.6 Å². The van der Waals surface area contributed by atoms with Crippen LogP contribution in [0.25, 0.3) is 0 Å². The molecule has 0 radical (unpaired) electrons. The summed E-state index contributed by atoms with van der Waals surface area (Å²) in [5.74, 6) is -1.42. The van der Waals surface area contributed by atoms with Crippen molar-refractivity contribution in [2.24, 2.45) is 5.92 Å².